The molecule has 1 aromatic heterocycles. The van der Waals surface area contributed by atoms with E-state index >= 15 is 0 Å². The van der Waals surface area contributed by atoms with Gasteiger partial charge in [0.2, 0.25) is 0 Å². The van der Waals surface area contributed by atoms with Gasteiger partial charge in [0, 0.05) is 21.9 Å². The van der Waals surface area contributed by atoms with E-state index in [1.807, 2.05) is 11.8 Å². The van der Waals surface area contributed by atoms with Gasteiger partial charge in [0.25, 0.3) is 0 Å². The number of thioether (sulfide) groups is 1. The predicted molar refractivity (Wildman–Crippen MR) is 88.8 cm³/mol. The third-order valence-corrected chi connectivity index (χ3v) is 5.45. The summed E-state index contributed by atoms with van der Waals surface area (Å²) < 4.78 is 2.18. The molecule has 1 aliphatic heterocycles. The number of aryl methyl sites for hydroxylation is 1. The molecule has 2 N–H and O–H groups in total. The highest BCUT2D eigenvalue weighted by Crippen LogP contribution is 2.37. The van der Waals surface area contributed by atoms with Crippen molar-refractivity contribution in [3.63, 3.8) is 0 Å². The average molecular weight is 301 g/mol. The van der Waals surface area contributed by atoms with Crippen molar-refractivity contribution in [3.05, 3.63) is 46.8 Å². The molecule has 0 spiro atoms. The van der Waals surface area contributed by atoms with Crippen LogP contribution in [0.15, 0.2) is 29.2 Å². The number of nitrogens with zero attached hydrogens (tertiary/aromatic N) is 2. The minimum atomic E-state index is 0.185. The van der Waals surface area contributed by atoms with Crippen LogP contribution in [-0.4, -0.2) is 21.1 Å². The first-order valence-corrected chi connectivity index (χ1v) is 8.45. The molecule has 0 fully saturated rings. The summed E-state index contributed by atoms with van der Waals surface area (Å²) >= 11 is 1.98. The molecule has 2 unspecified atom stereocenters. The lowest BCUT2D eigenvalue weighted by Crippen LogP contribution is -2.19. The molecule has 4 heteroatoms. The van der Waals surface area contributed by atoms with E-state index in [1.54, 1.807) is 0 Å². The second kappa shape index (κ2) is 5.85. The van der Waals surface area contributed by atoms with E-state index in [-0.39, 0.29) is 6.04 Å². The highest BCUT2D eigenvalue weighted by atomic mass is 32.2. The van der Waals surface area contributed by atoms with Crippen molar-refractivity contribution in [2.45, 2.75) is 56.3 Å². The molecule has 2 aromatic rings. The molecule has 1 aromatic carbocycles. The molecular formula is C17H23N3S. The van der Waals surface area contributed by atoms with Crippen molar-refractivity contribution in [1.29, 1.82) is 0 Å². The number of nitrogens with two attached hydrogens (primary N) is 1. The Morgan fingerprint density at radius 3 is 2.86 bits per heavy atom. The van der Waals surface area contributed by atoms with Gasteiger partial charge in [-0.05, 0) is 50.8 Å². The average Bonchev–Trinajstić information content (AvgIpc) is 2.94. The van der Waals surface area contributed by atoms with Gasteiger partial charge in [-0.3, -0.25) is 4.68 Å². The molecule has 0 amide bonds. The van der Waals surface area contributed by atoms with E-state index in [0.29, 0.717) is 5.25 Å². The second-order valence-electron chi connectivity index (χ2n) is 6.06. The van der Waals surface area contributed by atoms with Crippen LogP contribution in [0.1, 0.15) is 29.4 Å². The maximum atomic E-state index is 5.95. The largest absolute Gasteiger partial charge is 0.328 e. The lowest BCUT2D eigenvalue weighted by atomic mass is 10.1. The smallest absolute Gasteiger partial charge is 0.0629 e. The number of fused-ring (bicyclic) bond motifs is 1. The second-order valence-corrected chi connectivity index (χ2v) is 7.41. The van der Waals surface area contributed by atoms with Gasteiger partial charge in [0.05, 0.1) is 12.2 Å². The van der Waals surface area contributed by atoms with Crippen LogP contribution in [0.4, 0.5) is 0 Å². The number of hydrogen-bond acceptors (Lipinski definition) is 3. The monoisotopic (exact) mass is 301 g/mol. The molecule has 2 atom stereocenters. The maximum Gasteiger partial charge on any atom is 0.0629 e. The highest BCUT2D eigenvalue weighted by molar-refractivity contribution is 8.00. The number of rotatable bonds is 4. The molecule has 1 aliphatic rings. The van der Waals surface area contributed by atoms with Crippen LogP contribution in [-0.2, 0) is 19.4 Å². The summed E-state index contributed by atoms with van der Waals surface area (Å²) in [7, 11) is 0. The van der Waals surface area contributed by atoms with Gasteiger partial charge in [-0.25, -0.2) is 0 Å². The Kier molecular flexibility index (Phi) is 4.09. The van der Waals surface area contributed by atoms with Gasteiger partial charge < -0.3 is 5.73 Å². The Balaban J connectivity index is 1.75. The lowest BCUT2D eigenvalue weighted by Gasteiger charge is -2.11. The molecule has 3 rings (SSSR count). The third kappa shape index (κ3) is 3.01. The van der Waals surface area contributed by atoms with Gasteiger partial charge >= 0.3 is 0 Å². The molecule has 0 aliphatic carbocycles. The first-order chi connectivity index (χ1) is 10.0. The van der Waals surface area contributed by atoms with Gasteiger partial charge in [0.15, 0.2) is 0 Å². The maximum absolute atomic E-state index is 5.95. The van der Waals surface area contributed by atoms with Crippen LogP contribution in [0, 0.1) is 13.8 Å². The normalized spacial score (nSPS) is 18.8. The molecule has 0 saturated carbocycles. The molecule has 2 heterocycles. The first kappa shape index (κ1) is 14.7. The van der Waals surface area contributed by atoms with Crippen molar-refractivity contribution in [2.24, 2.45) is 5.73 Å². The van der Waals surface area contributed by atoms with Crippen molar-refractivity contribution in [3.8, 4) is 0 Å². The Morgan fingerprint density at radius 1 is 1.38 bits per heavy atom. The van der Waals surface area contributed by atoms with Crippen molar-refractivity contribution in [1.82, 2.24) is 9.78 Å². The zero-order valence-corrected chi connectivity index (χ0v) is 13.8. The lowest BCUT2D eigenvalue weighted by molar-refractivity contribution is 0.575. The van der Waals surface area contributed by atoms with E-state index in [1.165, 1.54) is 21.7 Å². The molecule has 0 saturated heterocycles. The zero-order chi connectivity index (χ0) is 15.0. The van der Waals surface area contributed by atoms with Crippen LogP contribution in [0.3, 0.4) is 0 Å². The number of hydrogen-bond donors (Lipinski definition) is 1. The number of aromatic nitrogens is 2. The van der Waals surface area contributed by atoms with E-state index in [4.69, 9.17) is 10.8 Å². The summed E-state index contributed by atoms with van der Waals surface area (Å²) in [6.07, 6.45) is 2.05. The Hall–Kier alpha value is -1.26. The van der Waals surface area contributed by atoms with E-state index < -0.39 is 0 Å². The zero-order valence-electron chi connectivity index (χ0n) is 13.0. The van der Waals surface area contributed by atoms with E-state index in [9.17, 15) is 0 Å². The Morgan fingerprint density at radius 2 is 2.14 bits per heavy atom. The van der Waals surface area contributed by atoms with Crippen LogP contribution < -0.4 is 5.73 Å². The standard InChI is InChI=1S/C17H23N3S/c1-11(18)8-16-12(2)19-20(13(16)3)10-15-9-14-6-4-5-7-17(14)21-15/h4-7,11,15H,8-10,18H2,1-3H3. The fourth-order valence-electron chi connectivity index (χ4n) is 3.08. The molecule has 112 valence electrons. The SMILES string of the molecule is Cc1nn(CC2Cc3ccccc3S2)c(C)c1CC(C)N. The summed E-state index contributed by atoms with van der Waals surface area (Å²) in [6, 6.07) is 8.91. The van der Waals surface area contributed by atoms with Crippen LogP contribution >= 0.6 is 11.8 Å². The van der Waals surface area contributed by atoms with Gasteiger partial charge in [0.1, 0.15) is 0 Å². The molecule has 0 radical (unpaired) electrons. The van der Waals surface area contributed by atoms with Gasteiger partial charge in [-0.1, -0.05) is 18.2 Å². The van der Waals surface area contributed by atoms with Crippen LogP contribution in [0.5, 0.6) is 0 Å². The summed E-state index contributed by atoms with van der Waals surface area (Å²) in [5, 5.41) is 5.32. The Labute approximate surface area is 130 Å². The minimum Gasteiger partial charge on any atom is -0.328 e. The fraction of sp³-hybridized carbons (Fsp3) is 0.471. The van der Waals surface area contributed by atoms with Crippen LogP contribution in [0.2, 0.25) is 0 Å². The van der Waals surface area contributed by atoms with Gasteiger partial charge in [-0.2, -0.15) is 5.10 Å². The van der Waals surface area contributed by atoms with Crippen molar-refractivity contribution in [2.75, 3.05) is 0 Å². The first-order valence-electron chi connectivity index (χ1n) is 7.57. The fourth-order valence-corrected chi connectivity index (χ4v) is 4.38. The number of benzene rings is 1. The molecular weight excluding hydrogens is 278 g/mol. The van der Waals surface area contributed by atoms with Crippen molar-refractivity contribution >= 4 is 11.8 Å². The van der Waals surface area contributed by atoms with Gasteiger partial charge in [-0.15, -0.1) is 11.8 Å². The third-order valence-electron chi connectivity index (χ3n) is 4.15. The quantitative estimate of drug-likeness (QED) is 0.943. The topological polar surface area (TPSA) is 43.8 Å². The van der Waals surface area contributed by atoms with Crippen molar-refractivity contribution < 1.29 is 0 Å². The summed E-state index contributed by atoms with van der Waals surface area (Å²) in [5.41, 5.74) is 11.2. The molecule has 3 nitrogen and oxygen atoms in total. The minimum absolute atomic E-state index is 0.185. The van der Waals surface area contributed by atoms with E-state index in [0.717, 1.165) is 25.1 Å². The van der Waals surface area contributed by atoms with E-state index in [2.05, 4.69) is 49.7 Å². The van der Waals surface area contributed by atoms with Crippen LogP contribution in [0.25, 0.3) is 0 Å². The Bertz CT molecular complexity index is 620. The highest BCUT2D eigenvalue weighted by Gasteiger charge is 2.23. The predicted octanol–water partition coefficient (Wildman–Crippen LogP) is 3.11. The summed E-state index contributed by atoms with van der Waals surface area (Å²) in [6.45, 7) is 7.30. The summed E-state index contributed by atoms with van der Waals surface area (Å²) in [5.74, 6) is 0. The summed E-state index contributed by atoms with van der Waals surface area (Å²) in [4.78, 5) is 1.43. The molecule has 21 heavy (non-hydrogen) atoms. The molecule has 0 bridgehead atoms.